The minimum Gasteiger partial charge on any atom is -0.493 e. The molecule has 1 N–H and O–H groups in total. The van der Waals surface area contributed by atoms with E-state index in [1.165, 1.54) is 38.5 Å². The Morgan fingerprint density at radius 1 is 1.12 bits per heavy atom. The average molecular weight is 333 g/mol. The summed E-state index contributed by atoms with van der Waals surface area (Å²) in [5.41, 5.74) is 1.13. The molecule has 0 saturated heterocycles. The molecule has 0 aromatic heterocycles. The summed E-state index contributed by atoms with van der Waals surface area (Å²) in [5, 5.41) is 3.02. The van der Waals surface area contributed by atoms with Crippen molar-refractivity contribution in [2.24, 2.45) is 5.92 Å². The first-order valence-corrected chi connectivity index (χ1v) is 9.20. The zero-order valence-electron chi connectivity index (χ0n) is 15.1. The highest BCUT2D eigenvalue weighted by Crippen LogP contribution is 2.28. The molecule has 1 amide bonds. The van der Waals surface area contributed by atoms with Crippen LogP contribution >= 0.6 is 0 Å². The summed E-state index contributed by atoms with van der Waals surface area (Å²) in [6.07, 6.45) is 10.6. The molecule has 0 radical (unpaired) electrons. The highest BCUT2D eigenvalue weighted by atomic mass is 16.5. The second kappa shape index (κ2) is 10.2. The normalized spacial score (nSPS) is 15.1. The van der Waals surface area contributed by atoms with Gasteiger partial charge in [-0.05, 0) is 42.9 Å². The molecule has 0 heterocycles. The van der Waals surface area contributed by atoms with Gasteiger partial charge in [-0.3, -0.25) is 4.79 Å². The lowest BCUT2D eigenvalue weighted by molar-refractivity contribution is -0.121. The van der Waals surface area contributed by atoms with Gasteiger partial charge in [0, 0.05) is 13.0 Å². The van der Waals surface area contributed by atoms with Crippen LogP contribution in [0.25, 0.3) is 0 Å². The maximum Gasteiger partial charge on any atom is 0.220 e. The molecular formula is C20H31NO3. The molecule has 0 atom stereocenters. The van der Waals surface area contributed by atoms with Crippen molar-refractivity contribution in [2.45, 2.75) is 57.8 Å². The topological polar surface area (TPSA) is 47.6 Å². The molecule has 0 bridgehead atoms. The van der Waals surface area contributed by atoms with Crippen LogP contribution < -0.4 is 14.8 Å². The smallest absolute Gasteiger partial charge is 0.220 e. The summed E-state index contributed by atoms with van der Waals surface area (Å²) in [4.78, 5) is 11.9. The van der Waals surface area contributed by atoms with E-state index >= 15 is 0 Å². The molecule has 134 valence electrons. The van der Waals surface area contributed by atoms with Gasteiger partial charge in [-0.2, -0.15) is 0 Å². The van der Waals surface area contributed by atoms with E-state index in [9.17, 15) is 4.79 Å². The largest absolute Gasteiger partial charge is 0.493 e. The van der Waals surface area contributed by atoms with Gasteiger partial charge in [-0.1, -0.05) is 38.2 Å². The van der Waals surface area contributed by atoms with Crippen LogP contribution in [-0.2, 0) is 11.2 Å². The Bertz CT molecular complexity index is 510. The van der Waals surface area contributed by atoms with Crippen LogP contribution in [0.5, 0.6) is 11.5 Å². The van der Waals surface area contributed by atoms with E-state index in [-0.39, 0.29) is 5.91 Å². The summed E-state index contributed by atoms with van der Waals surface area (Å²) in [6.45, 7) is 0.664. The monoisotopic (exact) mass is 333 g/mol. The molecule has 4 nitrogen and oxygen atoms in total. The van der Waals surface area contributed by atoms with E-state index in [0.29, 0.717) is 13.0 Å². The number of rotatable bonds is 9. The fourth-order valence-corrected chi connectivity index (χ4v) is 3.50. The molecular weight excluding hydrogens is 302 g/mol. The van der Waals surface area contributed by atoms with Crippen LogP contribution in [0.15, 0.2) is 18.2 Å². The predicted molar refractivity (Wildman–Crippen MR) is 96.7 cm³/mol. The highest BCUT2D eigenvalue weighted by Gasteiger charge is 2.13. The van der Waals surface area contributed by atoms with Crippen molar-refractivity contribution in [1.29, 1.82) is 0 Å². The number of benzene rings is 1. The number of ether oxygens (including phenoxy) is 2. The van der Waals surface area contributed by atoms with Crippen molar-refractivity contribution in [3.63, 3.8) is 0 Å². The Morgan fingerprint density at radius 2 is 1.88 bits per heavy atom. The molecule has 1 aromatic carbocycles. The van der Waals surface area contributed by atoms with Crippen molar-refractivity contribution in [3.05, 3.63) is 23.8 Å². The lowest BCUT2D eigenvalue weighted by atomic mass is 9.86. The third-order valence-corrected chi connectivity index (χ3v) is 4.92. The molecule has 4 heteroatoms. The van der Waals surface area contributed by atoms with Crippen LogP contribution in [0.4, 0.5) is 0 Å². The van der Waals surface area contributed by atoms with Crippen LogP contribution in [0.3, 0.4) is 0 Å². The van der Waals surface area contributed by atoms with E-state index in [2.05, 4.69) is 5.32 Å². The standard InChI is InChI=1S/C20H31NO3/c1-23-18-12-11-17(15-19(18)24-2)13-14-21-20(22)10-6-9-16-7-4-3-5-8-16/h11-12,15-16H,3-10,13-14H2,1-2H3,(H,21,22). The highest BCUT2D eigenvalue weighted by molar-refractivity contribution is 5.75. The first-order chi connectivity index (χ1) is 11.7. The summed E-state index contributed by atoms with van der Waals surface area (Å²) >= 11 is 0. The molecule has 1 aromatic rings. The molecule has 1 fully saturated rings. The van der Waals surface area contributed by atoms with E-state index in [1.54, 1.807) is 14.2 Å². The van der Waals surface area contributed by atoms with Crippen LogP contribution in [0.2, 0.25) is 0 Å². The molecule has 1 aliphatic carbocycles. The number of amides is 1. The van der Waals surface area contributed by atoms with E-state index in [1.807, 2.05) is 18.2 Å². The molecule has 0 spiro atoms. The van der Waals surface area contributed by atoms with Gasteiger partial charge in [0.2, 0.25) is 5.91 Å². The SMILES string of the molecule is COc1ccc(CCNC(=O)CCCC2CCCCC2)cc1OC. The van der Waals surface area contributed by atoms with Gasteiger partial charge in [0.15, 0.2) is 11.5 Å². The van der Waals surface area contributed by atoms with Crippen molar-refractivity contribution in [2.75, 3.05) is 20.8 Å². The van der Waals surface area contributed by atoms with Crippen LogP contribution in [-0.4, -0.2) is 26.7 Å². The second-order valence-electron chi connectivity index (χ2n) is 6.69. The summed E-state index contributed by atoms with van der Waals surface area (Å²) in [5.74, 6) is 2.49. The zero-order valence-corrected chi connectivity index (χ0v) is 15.1. The predicted octanol–water partition coefficient (Wildman–Crippen LogP) is 4.11. The summed E-state index contributed by atoms with van der Waals surface area (Å²) in [7, 11) is 3.26. The Labute approximate surface area is 145 Å². The first-order valence-electron chi connectivity index (χ1n) is 9.20. The second-order valence-corrected chi connectivity index (χ2v) is 6.69. The maximum absolute atomic E-state index is 11.9. The molecule has 2 rings (SSSR count). The quantitative estimate of drug-likeness (QED) is 0.740. The van der Waals surface area contributed by atoms with Crippen molar-refractivity contribution >= 4 is 5.91 Å². The fraction of sp³-hybridized carbons (Fsp3) is 0.650. The number of carbonyl (C=O) groups excluding carboxylic acids is 1. The maximum atomic E-state index is 11.9. The fourth-order valence-electron chi connectivity index (χ4n) is 3.50. The third kappa shape index (κ3) is 6.06. The molecule has 1 saturated carbocycles. The Kier molecular flexibility index (Phi) is 7.93. The minimum atomic E-state index is 0.172. The Balaban J connectivity index is 1.63. The Hall–Kier alpha value is -1.71. The lowest BCUT2D eigenvalue weighted by Crippen LogP contribution is -2.25. The van der Waals surface area contributed by atoms with Gasteiger partial charge in [0.05, 0.1) is 14.2 Å². The first kappa shape index (κ1) is 18.6. The van der Waals surface area contributed by atoms with Gasteiger partial charge < -0.3 is 14.8 Å². The number of methoxy groups -OCH3 is 2. The molecule has 24 heavy (non-hydrogen) atoms. The van der Waals surface area contributed by atoms with Crippen LogP contribution in [0.1, 0.15) is 56.9 Å². The number of carbonyl (C=O) groups is 1. The average Bonchev–Trinajstić information content (AvgIpc) is 2.62. The molecule has 0 unspecified atom stereocenters. The molecule has 1 aliphatic rings. The number of hydrogen-bond acceptors (Lipinski definition) is 3. The number of hydrogen-bond donors (Lipinski definition) is 1. The van der Waals surface area contributed by atoms with Crippen molar-refractivity contribution < 1.29 is 14.3 Å². The van der Waals surface area contributed by atoms with Gasteiger partial charge in [0.25, 0.3) is 0 Å². The van der Waals surface area contributed by atoms with E-state index < -0.39 is 0 Å². The van der Waals surface area contributed by atoms with Gasteiger partial charge >= 0.3 is 0 Å². The van der Waals surface area contributed by atoms with Gasteiger partial charge in [0.1, 0.15) is 0 Å². The van der Waals surface area contributed by atoms with Gasteiger partial charge in [-0.25, -0.2) is 0 Å². The molecule has 0 aliphatic heterocycles. The summed E-state index contributed by atoms with van der Waals surface area (Å²) in [6, 6.07) is 5.88. The third-order valence-electron chi connectivity index (χ3n) is 4.92. The van der Waals surface area contributed by atoms with E-state index in [0.717, 1.165) is 35.8 Å². The number of nitrogens with one attached hydrogen (secondary N) is 1. The van der Waals surface area contributed by atoms with Crippen molar-refractivity contribution in [3.8, 4) is 11.5 Å². The van der Waals surface area contributed by atoms with E-state index in [4.69, 9.17) is 9.47 Å². The Morgan fingerprint density at radius 3 is 2.58 bits per heavy atom. The van der Waals surface area contributed by atoms with Gasteiger partial charge in [-0.15, -0.1) is 0 Å². The lowest BCUT2D eigenvalue weighted by Gasteiger charge is -2.21. The summed E-state index contributed by atoms with van der Waals surface area (Å²) < 4.78 is 10.5. The van der Waals surface area contributed by atoms with Crippen molar-refractivity contribution in [1.82, 2.24) is 5.32 Å². The zero-order chi connectivity index (χ0) is 17.2. The van der Waals surface area contributed by atoms with Crippen LogP contribution in [0, 0.1) is 5.92 Å². The minimum absolute atomic E-state index is 0.172.